The van der Waals surface area contributed by atoms with Crippen molar-refractivity contribution in [1.82, 2.24) is 10.3 Å². The van der Waals surface area contributed by atoms with Gasteiger partial charge in [0, 0.05) is 12.6 Å². The Morgan fingerprint density at radius 1 is 1.26 bits per heavy atom. The maximum atomic E-state index is 11.2. The first kappa shape index (κ1) is 15.7. The monoisotopic (exact) mass is 263 g/mol. The molecule has 1 unspecified atom stereocenters. The number of hydrogen-bond acceptors (Lipinski definition) is 3. The van der Waals surface area contributed by atoms with Crippen LogP contribution in [0.5, 0.6) is 0 Å². The van der Waals surface area contributed by atoms with E-state index in [1.54, 1.807) is 0 Å². The van der Waals surface area contributed by atoms with Crippen LogP contribution in [-0.4, -0.2) is 23.4 Å². The molecular formula is C15H25N3O. The van der Waals surface area contributed by atoms with Crippen LogP contribution in [0.15, 0.2) is 24.3 Å². The Morgan fingerprint density at radius 3 is 2.32 bits per heavy atom. The highest BCUT2D eigenvalue weighted by molar-refractivity contribution is 5.77. The van der Waals surface area contributed by atoms with E-state index in [-0.39, 0.29) is 5.91 Å². The molecule has 4 nitrogen and oxygen atoms in total. The average Bonchev–Trinajstić information content (AvgIpc) is 2.45. The topological polar surface area (TPSA) is 58.4 Å². The summed E-state index contributed by atoms with van der Waals surface area (Å²) < 4.78 is 0. The molecule has 1 rings (SSSR count). The zero-order chi connectivity index (χ0) is 14.3. The van der Waals surface area contributed by atoms with E-state index in [4.69, 9.17) is 5.84 Å². The number of nitrogens with one attached hydrogen (secondary N) is 1. The van der Waals surface area contributed by atoms with Gasteiger partial charge in [0.15, 0.2) is 0 Å². The average molecular weight is 263 g/mol. The van der Waals surface area contributed by atoms with Gasteiger partial charge in [-0.15, -0.1) is 0 Å². The SMILES string of the molecule is CCC(C)N(CC)Cc1ccc(CC(=O)NN)cc1. The van der Waals surface area contributed by atoms with Crippen LogP contribution in [0.3, 0.4) is 0 Å². The summed E-state index contributed by atoms with van der Waals surface area (Å²) >= 11 is 0. The molecule has 106 valence electrons. The van der Waals surface area contributed by atoms with Gasteiger partial charge in [-0.2, -0.15) is 0 Å². The maximum Gasteiger partial charge on any atom is 0.238 e. The van der Waals surface area contributed by atoms with E-state index in [0.29, 0.717) is 12.5 Å². The van der Waals surface area contributed by atoms with E-state index in [1.165, 1.54) is 5.56 Å². The molecule has 0 saturated carbocycles. The van der Waals surface area contributed by atoms with Crippen LogP contribution in [0.2, 0.25) is 0 Å². The Balaban J connectivity index is 2.63. The Labute approximate surface area is 115 Å². The van der Waals surface area contributed by atoms with Crippen LogP contribution in [-0.2, 0) is 17.8 Å². The molecule has 4 heteroatoms. The van der Waals surface area contributed by atoms with Crippen LogP contribution in [0.4, 0.5) is 0 Å². The second-order valence-corrected chi connectivity index (χ2v) is 4.88. The Morgan fingerprint density at radius 2 is 1.84 bits per heavy atom. The number of benzene rings is 1. The predicted octanol–water partition coefficient (Wildman–Crippen LogP) is 1.84. The van der Waals surface area contributed by atoms with Gasteiger partial charge >= 0.3 is 0 Å². The minimum Gasteiger partial charge on any atom is -0.297 e. The minimum absolute atomic E-state index is 0.164. The number of nitrogens with zero attached hydrogens (tertiary/aromatic N) is 1. The third-order valence-corrected chi connectivity index (χ3v) is 3.55. The quantitative estimate of drug-likeness (QED) is 0.448. The molecule has 3 N–H and O–H groups in total. The molecule has 0 heterocycles. The summed E-state index contributed by atoms with van der Waals surface area (Å²) in [4.78, 5) is 13.6. The molecule has 1 aromatic rings. The number of rotatable bonds is 7. The normalized spacial score (nSPS) is 12.5. The fourth-order valence-corrected chi connectivity index (χ4v) is 2.07. The Bertz CT molecular complexity index is 389. The molecule has 1 amide bonds. The zero-order valence-electron chi connectivity index (χ0n) is 12.1. The van der Waals surface area contributed by atoms with Crippen molar-refractivity contribution in [2.45, 2.75) is 46.2 Å². The number of hydrazine groups is 1. The van der Waals surface area contributed by atoms with Gasteiger partial charge in [-0.25, -0.2) is 5.84 Å². The number of carbonyl (C=O) groups excluding carboxylic acids is 1. The van der Waals surface area contributed by atoms with Crippen LogP contribution in [0.1, 0.15) is 38.3 Å². The minimum atomic E-state index is -0.164. The van der Waals surface area contributed by atoms with Gasteiger partial charge in [-0.1, -0.05) is 38.1 Å². The highest BCUT2D eigenvalue weighted by Gasteiger charge is 2.10. The fourth-order valence-electron chi connectivity index (χ4n) is 2.07. The lowest BCUT2D eigenvalue weighted by Crippen LogP contribution is -2.32. The zero-order valence-corrected chi connectivity index (χ0v) is 12.1. The summed E-state index contributed by atoms with van der Waals surface area (Å²) in [6.07, 6.45) is 1.49. The van der Waals surface area contributed by atoms with E-state index in [9.17, 15) is 4.79 Å². The molecule has 0 spiro atoms. The first-order valence-corrected chi connectivity index (χ1v) is 6.92. The lowest BCUT2D eigenvalue weighted by atomic mass is 10.1. The summed E-state index contributed by atoms with van der Waals surface area (Å²) in [5.41, 5.74) is 4.41. The summed E-state index contributed by atoms with van der Waals surface area (Å²) in [5, 5.41) is 0. The highest BCUT2D eigenvalue weighted by Crippen LogP contribution is 2.12. The molecule has 1 aromatic carbocycles. The van der Waals surface area contributed by atoms with Crippen molar-refractivity contribution in [1.29, 1.82) is 0 Å². The molecule has 1 atom stereocenters. The Kier molecular flexibility index (Phi) is 6.53. The summed E-state index contributed by atoms with van der Waals surface area (Å²) in [5.74, 6) is 4.91. The largest absolute Gasteiger partial charge is 0.297 e. The van der Waals surface area contributed by atoms with Crippen molar-refractivity contribution < 1.29 is 4.79 Å². The smallest absolute Gasteiger partial charge is 0.238 e. The molecule has 19 heavy (non-hydrogen) atoms. The summed E-state index contributed by atoms with van der Waals surface area (Å²) in [7, 11) is 0. The van der Waals surface area contributed by atoms with E-state index >= 15 is 0 Å². The van der Waals surface area contributed by atoms with E-state index in [2.05, 4.69) is 43.2 Å². The second kappa shape index (κ2) is 7.92. The molecular weight excluding hydrogens is 238 g/mol. The first-order valence-electron chi connectivity index (χ1n) is 6.92. The van der Waals surface area contributed by atoms with Gasteiger partial charge in [-0.3, -0.25) is 15.1 Å². The molecule has 0 aliphatic carbocycles. The number of amides is 1. The molecule has 0 radical (unpaired) electrons. The first-order chi connectivity index (χ1) is 9.10. The third kappa shape index (κ3) is 5.01. The molecule has 0 aromatic heterocycles. The third-order valence-electron chi connectivity index (χ3n) is 3.55. The van der Waals surface area contributed by atoms with Crippen molar-refractivity contribution in [3.8, 4) is 0 Å². The summed E-state index contributed by atoms with van der Waals surface area (Å²) in [6.45, 7) is 8.65. The molecule has 0 aliphatic rings. The maximum absolute atomic E-state index is 11.2. The predicted molar refractivity (Wildman–Crippen MR) is 78.3 cm³/mol. The lowest BCUT2D eigenvalue weighted by Gasteiger charge is -2.27. The molecule has 0 aliphatic heterocycles. The van der Waals surface area contributed by atoms with Crippen molar-refractivity contribution in [3.05, 3.63) is 35.4 Å². The van der Waals surface area contributed by atoms with Crippen LogP contribution in [0, 0.1) is 0 Å². The molecule has 0 fully saturated rings. The van der Waals surface area contributed by atoms with Crippen molar-refractivity contribution >= 4 is 5.91 Å². The van der Waals surface area contributed by atoms with Gasteiger partial charge in [0.1, 0.15) is 0 Å². The van der Waals surface area contributed by atoms with Crippen molar-refractivity contribution in [2.75, 3.05) is 6.54 Å². The summed E-state index contributed by atoms with van der Waals surface area (Å²) in [6, 6.07) is 8.76. The van der Waals surface area contributed by atoms with Crippen molar-refractivity contribution in [3.63, 3.8) is 0 Å². The molecule has 0 bridgehead atoms. The highest BCUT2D eigenvalue weighted by atomic mass is 16.2. The number of nitrogens with two attached hydrogens (primary N) is 1. The van der Waals surface area contributed by atoms with Gasteiger partial charge < -0.3 is 0 Å². The fraction of sp³-hybridized carbons (Fsp3) is 0.533. The van der Waals surface area contributed by atoms with Crippen LogP contribution < -0.4 is 11.3 Å². The van der Waals surface area contributed by atoms with Gasteiger partial charge in [-0.05, 0) is 31.0 Å². The van der Waals surface area contributed by atoms with Gasteiger partial charge in [0.05, 0.1) is 6.42 Å². The van der Waals surface area contributed by atoms with Gasteiger partial charge in [0.2, 0.25) is 5.91 Å². The number of hydrogen-bond donors (Lipinski definition) is 2. The van der Waals surface area contributed by atoms with E-state index in [1.807, 2.05) is 12.1 Å². The van der Waals surface area contributed by atoms with E-state index in [0.717, 1.165) is 25.1 Å². The van der Waals surface area contributed by atoms with Crippen molar-refractivity contribution in [2.24, 2.45) is 5.84 Å². The van der Waals surface area contributed by atoms with Crippen LogP contribution >= 0.6 is 0 Å². The lowest BCUT2D eigenvalue weighted by molar-refractivity contribution is -0.120. The van der Waals surface area contributed by atoms with Gasteiger partial charge in [0.25, 0.3) is 0 Å². The molecule has 0 saturated heterocycles. The second-order valence-electron chi connectivity index (χ2n) is 4.88. The number of carbonyl (C=O) groups is 1. The standard InChI is InChI=1S/C15H25N3O/c1-4-12(3)18(5-2)11-14-8-6-13(7-9-14)10-15(19)17-16/h6-9,12H,4-5,10-11,16H2,1-3H3,(H,17,19). The van der Waals surface area contributed by atoms with E-state index < -0.39 is 0 Å². The Hall–Kier alpha value is -1.39. The van der Waals surface area contributed by atoms with Crippen LogP contribution in [0.25, 0.3) is 0 Å².